The first-order chi connectivity index (χ1) is 3.79. The van der Waals surface area contributed by atoms with Crippen molar-refractivity contribution in [2.45, 2.75) is 23.2 Å². The number of rotatable bonds is 0. The van der Waals surface area contributed by atoms with E-state index in [1.54, 1.807) is 0 Å². The standard InChI is InChI=1S/C5H8BrClO/c6-5-3-4(7)1-2-8-5/h4-5H,1-3H2. The van der Waals surface area contributed by atoms with Gasteiger partial charge in [0.15, 0.2) is 0 Å². The molecule has 1 aliphatic heterocycles. The Labute approximate surface area is 62.5 Å². The Balaban J connectivity index is 2.23. The molecule has 0 aromatic rings. The highest BCUT2D eigenvalue weighted by molar-refractivity contribution is 9.09. The van der Waals surface area contributed by atoms with Gasteiger partial charge < -0.3 is 4.74 Å². The Bertz CT molecular complexity index is 70.8. The molecule has 0 amide bonds. The maximum absolute atomic E-state index is 5.80. The van der Waals surface area contributed by atoms with Crippen molar-refractivity contribution < 1.29 is 4.74 Å². The lowest BCUT2D eigenvalue weighted by Gasteiger charge is -2.20. The average molecular weight is 199 g/mol. The maximum Gasteiger partial charge on any atom is 0.113 e. The van der Waals surface area contributed by atoms with Crippen LogP contribution in [-0.2, 0) is 4.74 Å². The van der Waals surface area contributed by atoms with Gasteiger partial charge in [0, 0.05) is 12.0 Å². The molecule has 0 N–H and O–H groups in total. The largest absolute Gasteiger partial charge is 0.367 e. The molecule has 0 radical (unpaired) electrons. The van der Waals surface area contributed by atoms with E-state index in [0.717, 1.165) is 19.4 Å². The van der Waals surface area contributed by atoms with Crippen LogP contribution in [0.1, 0.15) is 12.8 Å². The van der Waals surface area contributed by atoms with Crippen LogP contribution < -0.4 is 0 Å². The summed E-state index contributed by atoms with van der Waals surface area (Å²) >= 11 is 9.12. The molecule has 1 aliphatic rings. The van der Waals surface area contributed by atoms with Crippen molar-refractivity contribution >= 4 is 27.5 Å². The third kappa shape index (κ3) is 1.92. The van der Waals surface area contributed by atoms with E-state index >= 15 is 0 Å². The summed E-state index contributed by atoms with van der Waals surface area (Å²) in [6.45, 7) is 0.796. The molecular formula is C5H8BrClO. The van der Waals surface area contributed by atoms with Gasteiger partial charge >= 0.3 is 0 Å². The molecule has 2 atom stereocenters. The highest BCUT2D eigenvalue weighted by atomic mass is 79.9. The number of ether oxygens (including phenoxy) is 1. The number of hydrogen-bond donors (Lipinski definition) is 0. The fraction of sp³-hybridized carbons (Fsp3) is 1.00. The lowest BCUT2D eigenvalue weighted by atomic mass is 10.2. The Hall–Kier alpha value is 0.730. The van der Waals surface area contributed by atoms with E-state index in [2.05, 4.69) is 15.9 Å². The lowest BCUT2D eigenvalue weighted by molar-refractivity contribution is 0.0793. The van der Waals surface area contributed by atoms with Crippen LogP contribution in [0.4, 0.5) is 0 Å². The summed E-state index contributed by atoms with van der Waals surface area (Å²) in [6, 6.07) is 0. The van der Waals surface area contributed by atoms with E-state index in [0.29, 0.717) is 5.38 Å². The molecule has 0 spiro atoms. The molecule has 3 heteroatoms. The molecule has 1 fully saturated rings. The second-order valence-electron chi connectivity index (χ2n) is 1.90. The Morgan fingerprint density at radius 3 is 2.75 bits per heavy atom. The van der Waals surface area contributed by atoms with Gasteiger partial charge in [-0.1, -0.05) is 15.9 Å². The minimum absolute atomic E-state index is 0.193. The zero-order valence-corrected chi connectivity index (χ0v) is 6.78. The Morgan fingerprint density at radius 1 is 1.62 bits per heavy atom. The number of alkyl halides is 2. The van der Waals surface area contributed by atoms with Crippen molar-refractivity contribution in [3.05, 3.63) is 0 Å². The molecule has 0 bridgehead atoms. The van der Waals surface area contributed by atoms with Gasteiger partial charge in [-0.3, -0.25) is 0 Å². The predicted octanol–water partition coefficient (Wildman–Crippen LogP) is 2.13. The molecule has 2 unspecified atom stereocenters. The third-order valence-electron chi connectivity index (χ3n) is 1.17. The molecule has 1 rings (SSSR count). The van der Waals surface area contributed by atoms with Crippen LogP contribution >= 0.6 is 27.5 Å². The van der Waals surface area contributed by atoms with Crippen LogP contribution in [0.3, 0.4) is 0 Å². The second-order valence-corrected chi connectivity index (χ2v) is 3.54. The molecule has 1 heterocycles. The average Bonchev–Trinajstić information content (AvgIpc) is 1.64. The van der Waals surface area contributed by atoms with Crippen molar-refractivity contribution in [3.63, 3.8) is 0 Å². The van der Waals surface area contributed by atoms with Gasteiger partial charge in [-0.25, -0.2) is 0 Å². The quantitative estimate of drug-likeness (QED) is 0.543. The third-order valence-corrected chi connectivity index (χ3v) is 2.21. The van der Waals surface area contributed by atoms with Crippen molar-refractivity contribution in [2.75, 3.05) is 6.61 Å². The van der Waals surface area contributed by atoms with Crippen LogP contribution in [0.15, 0.2) is 0 Å². The number of hydrogen-bond acceptors (Lipinski definition) is 1. The lowest BCUT2D eigenvalue weighted by Crippen LogP contribution is -2.20. The highest BCUT2D eigenvalue weighted by Crippen LogP contribution is 2.21. The highest BCUT2D eigenvalue weighted by Gasteiger charge is 2.17. The van der Waals surface area contributed by atoms with Crippen molar-refractivity contribution in [1.82, 2.24) is 0 Å². The van der Waals surface area contributed by atoms with Crippen molar-refractivity contribution in [1.29, 1.82) is 0 Å². The fourth-order valence-corrected chi connectivity index (χ4v) is 1.82. The first-order valence-corrected chi connectivity index (χ1v) is 4.04. The van der Waals surface area contributed by atoms with Gasteiger partial charge in [-0.05, 0) is 12.8 Å². The number of halogens is 2. The van der Waals surface area contributed by atoms with Crippen molar-refractivity contribution in [3.8, 4) is 0 Å². The summed E-state index contributed by atoms with van der Waals surface area (Å²) in [4.78, 5) is 0. The van der Waals surface area contributed by atoms with Gasteiger partial charge in [0.25, 0.3) is 0 Å². The van der Waals surface area contributed by atoms with Crippen LogP contribution in [-0.4, -0.2) is 17.0 Å². The van der Waals surface area contributed by atoms with E-state index < -0.39 is 0 Å². The Kier molecular flexibility index (Phi) is 2.60. The molecule has 1 saturated heterocycles. The fourth-order valence-electron chi connectivity index (χ4n) is 0.711. The molecular weight excluding hydrogens is 191 g/mol. The van der Waals surface area contributed by atoms with Crippen LogP contribution in [0.5, 0.6) is 0 Å². The molecule has 0 saturated carbocycles. The molecule has 8 heavy (non-hydrogen) atoms. The first-order valence-electron chi connectivity index (χ1n) is 2.69. The van der Waals surface area contributed by atoms with E-state index in [-0.39, 0.29) is 5.01 Å². The maximum atomic E-state index is 5.80. The second kappa shape index (κ2) is 3.04. The molecule has 48 valence electrons. The van der Waals surface area contributed by atoms with Crippen LogP contribution in [0.2, 0.25) is 0 Å². The molecule has 0 aromatic heterocycles. The summed E-state index contributed by atoms with van der Waals surface area (Å²) in [6.07, 6.45) is 1.92. The van der Waals surface area contributed by atoms with E-state index in [4.69, 9.17) is 16.3 Å². The van der Waals surface area contributed by atoms with Crippen molar-refractivity contribution in [2.24, 2.45) is 0 Å². The zero-order chi connectivity index (χ0) is 5.98. The van der Waals surface area contributed by atoms with E-state index in [9.17, 15) is 0 Å². The van der Waals surface area contributed by atoms with Gasteiger partial charge in [-0.15, -0.1) is 11.6 Å². The minimum atomic E-state index is 0.193. The summed E-state index contributed by atoms with van der Waals surface area (Å²) in [7, 11) is 0. The van der Waals surface area contributed by atoms with Crippen LogP contribution in [0.25, 0.3) is 0 Å². The molecule has 0 aromatic carbocycles. The summed E-state index contributed by atoms with van der Waals surface area (Å²) in [5.41, 5.74) is 0. The van der Waals surface area contributed by atoms with E-state index in [1.807, 2.05) is 0 Å². The normalized spacial score (nSPS) is 39.8. The summed E-state index contributed by atoms with van der Waals surface area (Å²) < 4.78 is 5.18. The summed E-state index contributed by atoms with van der Waals surface area (Å²) in [5.74, 6) is 0. The minimum Gasteiger partial charge on any atom is -0.367 e. The van der Waals surface area contributed by atoms with E-state index in [1.165, 1.54) is 0 Å². The van der Waals surface area contributed by atoms with Gasteiger partial charge in [0.1, 0.15) is 5.01 Å². The van der Waals surface area contributed by atoms with Gasteiger partial charge in [0.2, 0.25) is 0 Å². The molecule has 1 nitrogen and oxygen atoms in total. The predicted molar refractivity (Wildman–Crippen MR) is 37.5 cm³/mol. The first kappa shape index (κ1) is 6.84. The smallest absolute Gasteiger partial charge is 0.113 e. The van der Waals surface area contributed by atoms with Crippen LogP contribution in [0, 0.1) is 0 Å². The zero-order valence-electron chi connectivity index (χ0n) is 4.44. The summed E-state index contributed by atoms with van der Waals surface area (Å²) in [5, 5.41) is 0.506. The SMILES string of the molecule is ClC1CCOC(Br)C1. The van der Waals surface area contributed by atoms with Gasteiger partial charge in [-0.2, -0.15) is 0 Å². The monoisotopic (exact) mass is 198 g/mol. The molecule has 0 aliphatic carbocycles. The topological polar surface area (TPSA) is 9.23 Å². The van der Waals surface area contributed by atoms with Gasteiger partial charge in [0.05, 0.1) is 0 Å². The Morgan fingerprint density at radius 2 is 2.38 bits per heavy atom.